The van der Waals surface area contributed by atoms with Crippen LogP contribution >= 0.6 is 0 Å². The van der Waals surface area contributed by atoms with Crippen LogP contribution in [0.15, 0.2) is 71.8 Å². The third kappa shape index (κ3) is 6.77. The molecule has 0 saturated heterocycles. The van der Waals surface area contributed by atoms with E-state index in [0.717, 1.165) is 11.1 Å². The van der Waals surface area contributed by atoms with Crippen LogP contribution in [-0.4, -0.2) is 37.7 Å². The molecule has 0 fully saturated rings. The van der Waals surface area contributed by atoms with Crippen molar-refractivity contribution in [2.45, 2.75) is 13.8 Å². The molecule has 0 radical (unpaired) electrons. The first-order valence-corrected chi connectivity index (χ1v) is 10.5. The number of aryl methyl sites for hydroxylation is 2. The van der Waals surface area contributed by atoms with Crippen LogP contribution < -0.4 is 20.2 Å². The molecule has 3 aromatic rings. The second kappa shape index (κ2) is 11.4. The maximum absolute atomic E-state index is 12.4. The number of ether oxygens (including phenoxy) is 2. The van der Waals surface area contributed by atoms with Gasteiger partial charge in [-0.2, -0.15) is 5.10 Å². The summed E-state index contributed by atoms with van der Waals surface area (Å²) >= 11 is 0. The van der Waals surface area contributed by atoms with E-state index in [1.54, 1.807) is 42.5 Å². The standard InChI is InChI=1S/C26H25N3O5/c1-17-4-9-20(10-5-17)25(31)27-16-24(30)29-28-15-19-8-13-22(23(14-19)33-3)34-26(32)21-11-6-18(2)7-12-21/h4-15H,16H2,1-3H3,(H,27,31)(H,29,30)/b28-15-. The number of carbonyl (C=O) groups excluding carboxylic acids is 3. The fourth-order valence-corrected chi connectivity index (χ4v) is 2.88. The van der Waals surface area contributed by atoms with Crippen LogP contribution in [0.2, 0.25) is 0 Å². The predicted octanol–water partition coefficient (Wildman–Crippen LogP) is 3.41. The van der Waals surface area contributed by atoms with Crippen LogP contribution in [0.3, 0.4) is 0 Å². The Kier molecular flexibility index (Phi) is 8.12. The van der Waals surface area contributed by atoms with Crippen molar-refractivity contribution in [3.8, 4) is 11.5 Å². The molecule has 2 N–H and O–H groups in total. The van der Waals surface area contributed by atoms with Gasteiger partial charge in [0.15, 0.2) is 11.5 Å². The summed E-state index contributed by atoms with van der Waals surface area (Å²) in [6.45, 7) is 3.64. The van der Waals surface area contributed by atoms with Gasteiger partial charge in [-0.05, 0) is 61.9 Å². The minimum absolute atomic E-state index is 0.221. The van der Waals surface area contributed by atoms with Crippen LogP contribution in [0.4, 0.5) is 0 Å². The molecule has 8 nitrogen and oxygen atoms in total. The molecule has 3 aromatic carbocycles. The van der Waals surface area contributed by atoms with Crippen molar-refractivity contribution in [2.75, 3.05) is 13.7 Å². The van der Waals surface area contributed by atoms with Gasteiger partial charge >= 0.3 is 5.97 Å². The number of nitrogens with one attached hydrogen (secondary N) is 2. The van der Waals surface area contributed by atoms with Crippen molar-refractivity contribution >= 4 is 24.0 Å². The van der Waals surface area contributed by atoms with Crippen LogP contribution in [0, 0.1) is 13.8 Å². The van der Waals surface area contributed by atoms with Crippen molar-refractivity contribution in [1.29, 1.82) is 0 Å². The average molecular weight is 460 g/mol. The highest BCUT2D eigenvalue weighted by molar-refractivity contribution is 5.96. The molecule has 0 saturated carbocycles. The number of benzene rings is 3. The van der Waals surface area contributed by atoms with E-state index in [4.69, 9.17) is 9.47 Å². The Morgan fingerprint density at radius 1 is 0.853 bits per heavy atom. The SMILES string of the molecule is COc1cc(/C=N\NC(=O)CNC(=O)c2ccc(C)cc2)ccc1OC(=O)c1ccc(C)cc1. The van der Waals surface area contributed by atoms with Crippen LogP contribution in [0.1, 0.15) is 37.4 Å². The number of rotatable bonds is 8. The molecule has 3 rings (SSSR count). The number of methoxy groups -OCH3 is 1. The smallest absolute Gasteiger partial charge is 0.343 e. The lowest BCUT2D eigenvalue weighted by atomic mass is 10.1. The summed E-state index contributed by atoms with van der Waals surface area (Å²) in [5.41, 5.74) is 5.93. The third-order valence-electron chi connectivity index (χ3n) is 4.80. The Balaban J connectivity index is 1.53. The summed E-state index contributed by atoms with van der Waals surface area (Å²) in [4.78, 5) is 36.4. The van der Waals surface area contributed by atoms with E-state index >= 15 is 0 Å². The van der Waals surface area contributed by atoms with Gasteiger partial charge in [0.1, 0.15) is 0 Å². The average Bonchev–Trinajstić information content (AvgIpc) is 2.84. The number of hydrogen-bond acceptors (Lipinski definition) is 6. The molecule has 174 valence electrons. The van der Waals surface area contributed by atoms with Crippen molar-refractivity contribution in [1.82, 2.24) is 10.7 Å². The Bertz CT molecular complexity index is 1200. The number of carbonyl (C=O) groups is 3. The largest absolute Gasteiger partial charge is 0.493 e. The van der Waals surface area contributed by atoms with Gasteiger partial charge < -0.3 is 14.8 Å². The molecular formula is C26H25N3O5. The van der Waals surface area contributed by atoms with E-state index in [1.807, 2.05) is 38.1 Å². The molecule has 0 spiro atoms. The first-order chi connectivity index (χ1) is 16.4. The normalized spacial score (nSPS) is 10.6. The molecule has 0 aliphatic rings. The maximum atomic E-state index is 12.4. The van der Waals surface area contributed by atoms with Gasteiger partial charge in [0.05, 0.1) is 25.4 Å². The highest BCUT2D eigenvalue weighted by atomic mass is 16.6. The number of nitrogens with zero attached hydrogens (tertiary/aromatic N) is 1. The highest BCUT2D eigenvalue weighted by Crippen LogP contribution is 2.28. The molecular weight excluding hydrogens is 434 g/mol. The minimum atomic E-state index is -0.500. The number of esters is 1. The van der Waals surface area contributed by atoms with E-state index in [1.165, 1.54) is 13.3 Å². The van der Waals surface area contributed by atoms with Crippen LogP contribution in [0.25, 0.3) is 0 Å². The lowest BCUT2D eigenvalue weighted by Crippen LogP contribution is -2.34. The summed E-state index contributed by atoms with van der Waals surface area (Å²) in [7, 11) is 1.46. The summed E-state index contributed by atoms with van der Waals surface area (Å²) in [5, 5.41) is 6.42. The van der Waals surface area contributed by atoms with Gasteiger partial charge in [-0.3, -0.25) is 9.59 Å². The van der Waals surface area contributed by atoms with Gasteiger partial charge in [-0.1, -0.05) is 35.4 Å². The zero-order chi connectivity index (χ0) is 24.5. The van der Waals surface area contributed by atoms with Gasteiger partial charge in [0.2, 0.25) is 0 Å². The van der Waals surface area contributed by atoms with Crippen molar-refractivity contribution in [3.63, 3.8) is 0 Å². The first kappa shape index (κ1) is 24.2. The monoisotopic (exact) mass is 459 g/mol. The first-order valence-electron chi connectivity index (χ1n) is 10.5. The fourth-order valence-electron chi connectivity index (χ4n) is 2.88. The molecule has 0 aliphatic carbocycles. The Hall–Kier alpha value is -4.46. The summed E-state index contributed by atoms with van der Waals surface area (Å²) in [6, 6.07) is 18.9. The predicted molar refractivity (Wildman–Crippen MR) is 128 cm³/mol. The van der Waals surface area contributed by atoms with E-state index in [-0.39, 0.29) is 18.2 Å². The summed E-state index contributed by atoms with van der Waals surface area (Å²) in [5.74, 6) is -0.735. The second-order valence-electron chi connectivity index (χ2n) is 7.51. The lowest BCUT2D eigenvalue weighted by Gasteiger charge is -2.10. The zero-order valence-electron chi connectivity index (χ0n) is 19.1. The van der Waals surface area contributed by atoms with Gasteiger partial charge in [0.25, 0.3) is 11.8 Å². The van der Waals surface area contributed by atoms with Crippen molar-refractivity contribution in [3.05, 3.63) is 94.5 Å². The van der Waals surface area contributed by atoms with E-state index in [2.05, 4.69) is 15.8 Å². The Morgan fingerprint density at radius 3 is 2.09 bits per heavy atom. The maximum Gasteiger partial charge on any atom is 0.343 e. The molecule has 0 heterocycles. The molecule has 2 amide bonds. The molecule has 34 heavy (non-hydrogen) atoms. The molecule has 0 unspecified atom stereocenters. The third-order valence-corrected chi connectivity index (χ3v) is 4.80. The zero-order valence-corrected chi connectivity index (χ0v) is 19.1. The molecule has 0 atom stereocenters. The minimum Gasteiger partial charge on any atom is -0.493 e. The van der Waals surface area contributed by atoms with Gasteiger partial charge in [-0.25, -0.2) is 10.2 Å². The van der Waals surface area contributed by atoms with Gasteiger partial charge in [-0.15, -0.1) is 0 Å². The van der Waals surface area contributed by atoms with Crippen molar-refractivity contribution in [2.24, 2.45) is 5.10 Å². The van der Waals surface area contributed by atoms with Crippen LogP contribution in [0.5, 0.6) is 11.5 Å². The van der Waals surface area contributed by atoms with E-state index in [9.17, 15) is 14.4 Å². The van der Waals surface area contributed by atoms with E-state index < -0.39 is 11.9 Å². The lowest BCUT2D eigenvalue weighted by molar-refractivity contribution is -0.120. The van der Waals surface area contributed by atoms with Gasteiger partial charge in [0, 0.05) is 5.56 Å². The number of hydrazone groups is 1. The molecule has 0 bridgehead atoms. The fraction of sp³-hybridized carbons (Fsp3) is 0.154. The Morgan fingerprint density at radius 2 is 1.47 bits per heavy atom. The quantitative estimate of drug-likeness (QED) is 0.232. The summed E-state index contributed by atoms with van der Waals surface area (Å²) in [6.07, 6.45) is 1.41. The molecule has 8 heteroatoms. The van der Waals surface area contributed by atoms with E-state index in [0.29, 0.717) is 22.4 Å². The highest BCUT2D eigenvalue weighted by Gasteiger charge is 2.13. The number of amides is 2. The molecule has 0 aromatic heterocycles. The summed E-state index contributed by atoms with van der Waals surface area (Å²) < 4.78 is 10.7. The van der Waals surface area contributed by atoms with Crippen LogP contribution in [-0.2, 0) is 4.79 Å². The number of hydrogen-bond donors (Lipinski definition) is 2. The Labute approximate surface area is 197 Å². The topological polar surface area (TPSA) is 106 Å². The second-order valence-corrected chi connectivity index (χ2v) is 7.51. The van der Waals surface area contributed by atoms with Crippen molar-refractivity contribution < 1.29 is 23.9 Å². The molecule has 0 aliphatic heterocycles.